The van der Waals surface area contributed by atoms with Gasteiger partial charge in [0.05, 0.1) is 12.2 Å². The van der Waals surface area contributed by atoms with E-state index in [9.17, 15) is 10.1 Å². The summed E-state index contributed by atoms with van der Waals surface area (Å²) >= 11 is 0. The molecule has 0 spiro atoms. The van der Waals surface area contributed by atoms with E-state index in [-0.39, 0.29) is 0 Å². The fourth-order valence-electron chi connectivity index (χ4n) is 2.47. The van der Waals surface area contributed by atoms with E-state index < -0.39 is 5.97 Å². The topological polar surface area (TPSA) is 66.2 Å². The lowest BCUT2D eigenvalue weighted by Gasteiger charge is -2.29. The van der Waals surface area contributed by atoms with Crippen molar-refractivity contribution in [1.29, 1.82) is 5.26 Å². The van der Waals surface area contributed by atoms with E-state index in [2.05, 4.69) is 16.0 Å². The zero-order valence-electron chi connectivity index (χ0n) is 12.0. The van der Waals surface area contributed by atoms with Crippen molar-refractivity contribution >= 4 is 11.8 Å². The molecule has 1 fully saturated rings. The van der Waals surface area contributed by atoms with Crippen molar-refractivity contribution < 1.29 is 9.53 Å². The number of carbonyl (C=O) groups excluding carboxylic acids is 1. The fourth-order valence-corrected chi connectivity index (χ4v) is 2.47. The van der Waals surface area contributed by atoms with E-state index >= 15 is 0 Å². The Morgan fingerprint density at radius 1 is 1.45 bits per heavy atom. The standard InChI is InChI=1S/C15H19N3O2/c1-3-20-15(19)12-9-11(2)17-14(13(12)10-16)18-7-5-4-6-8-18/h9H,3-8H2,1-2H3. The number of esters is 1. The summed E-state index contributed by atoms with van der Waals surface area (Å²) in [5.74, 6) is 0.170. The molecule has 1 aliphatic heterocycles. The minimum absolute atomic E-state index is 0.296. The van der Waals surface area contributed by atoms with E-state index in [1.807, 2.05) is 6.92 Å². The van der Waals surface area contributed by atoms with Crippen LogP contribution in [0.5, 0.6) is 0 Å². The lowest BCUT2D eigenvalue weighted by Crippen LogP contribution is -2.31. The van der Waals surface area contributed by atoms with Crippen molar-refractivity contribution in [3.8, 4) is 6.07 Å². The first-order valence-corrected chi connectivity index (χ1v) is 7.01. The third-order valence-electron chi connectivity index (χ3n) is 3.39. The molecule has 0 aromatic carbocycles. The number of nitrogens with zero attached hydrogens (tertiary/aromatic N) is 3. The maximum Gasteiger partial charge on any atom is 0.339 e. The van der Waals surface area contributed by atoms with Crippen molar-refractivity contribution in [2.75, 3.05) is 24.6 Å². The number of anilines is 1. The number of carbonyl (C=O) groups is 1. The predicted molar refractivity (Wildman–Crippen MR) is 75.7 cm³/mol. The molecule has 106 valence electrons. The molecule has 20 heavy (non-hydrogen) atoms. The molecule has 0 unspecified atom stereocenters. The molecule has 1 aromatic rings. The van der Waals surface area contributed by atoms with Crippen LogP contribution >= 0.6 is 0 Å². The zero-order chi connectivity index (χ0) is 14.5. The van der Waals surface area contributed by atoms with Crippen LogP contribution in [0.3, 0.4) is 0 Å². The van der Waals surface area contributed by atoms with Crippen LogP contribution in [-0.4, -0.2) is 30.6 Å². The molecule has 0 aliphatic carbocycles. The number of hydrogen-bond acceptors (Lipinski definition) is 5. The van der Waals surface area contributed by atoms with E-state index in [4.69, 9.17) is 4.74 Å². The number of aromatic nitrogens is 1. The SMILES string of the molecule is CCOC(=O)c1cc(C)nc(N2CCCCC2)c1C#N. The first kappa shape index (κ1) is 14.3. The zero-order valence-corrected chi connectivity index (χ0v) is 12.0. The number of aryl methyl sites for hydroxylation is 1. The molecular formula is C15H19N3O2. The van der Waals surface area contributed by atoms with Gasteiger partial charge in [0.1, 0.15) is 17.5 Å². The van der Waals surface area contributed by atoms with Gasteiger partial charge in [0.25, 0.3) is 0 Å². The Morgan fingerprint density at radius 3 is 2.75 bits per heavy atom. The highest BCUT2D eigenvalue weighted by Gasteiger charge is 2.23. The molecule has 1 aliphatic rings. The van der Waals surface area contributed by atoms with Crippen LogP contribution in [0, 0.1) is 18.3 Å². The number of piperidine rings is 1. The van der Waals surface area contributed by atoms with Gasteiger partial charge >= 0.3 is 5.97 Å². The quantitative estimate of drug-likeness (QED) is 0.791. The summed E-state index contributed by atoms with van der Waals surface area (Å²) in [5.41, 5.74) is 1.38. The molecule has 1 aromatic heterocycles. The Bertz CT molecular complexity index is 543. The second-order valence-corrected chi connectivity index (χ2v) is 4.89. The Hall–Kier alpha value is -2.09. The highest BCUT2D eigenvalue weighted by molar-refractivity contribution is 5.94. The Kier molecular flexibility index (Phi) is 4.57. The molecule has 5 heteroatoms. The summed E-state index contributed by atoms with van der Waals surface area (Å²) < 4.78 is 5.03. The molecular weight excluding hydrogens is 254 g/mol. The third-order valence-corrected chi connectivity index (χ3v) is 3.39. The Balaban J connectivity index is 2.45. The van der Waals surface area contributed by atoms with Crippen LogP contribution in [0.1, 0.15) is 47.8 Å². The van der Waals surface area contributed by atoms with Gasteiger partial charge in [-0.3, -0.25) is 0 Å². The average molecular weight is 273 g/mol. The van der Waals surface area contributed by atoms with E-state index in [0.717, 1.165) is 31.6 Å². The molecule has 5 nitrogen and oxygen atoms in total. The number of hydrogen-bond donors (Lipinski definition) is 0. The second-order valence-electron chi connectivity index (χ2n) is 4.89. The number of rotatable bonds is 3. The van der Waals surface area contributed by atoms with E-state index in [1.54, 1.807) is 13.0 Å². The van der Waals surface area contributed by atoms with Gasteiger partial charge in [0.15, 0.2) is 0 Å². The lowest BCUT2D eigenvalue weighted by molar-refractivity contribution is 0.0525. The molecule has 0 amide bonds. The molecule has 0 N–H and O–H groups in total. The molecule has 0 radical (unpaired) electrons. The molecule has 0 atom stereocenters. The second kappa shape index (κ2) is 6.38. The first-order valence-electron chi connectivity index (χ1n) is 7.01. The van der Waals surface area contributed by atoms with Crippen LogP contribution in [0.2, 0.25) is 0 Å². The minimum atomic E-state index is -0.451. The van der Waals surface area contributed by atoms with E-state index in [0.29, 0.717) is 23.6 Å². The summed E-state index contributed by atoms with van der Waals surface area (Å²) in [7, 11) is 0. The van der Waals surface area contributed by atoms with Gasteiger partial charge in [-0.1, -0.05) is 0 Å². The van der Waals surface area contributed by atoms with Crippen molar-refractivity contribution in [2.45, 2.75) is 33.1 Å². The van der Waals surface area contributed by atoms with Gasteiger partial charge in [-0.25, -0.2) is 9.78 Å². The summed E-state index contributed by atoms with van der Waals surface area (Å²) in [4.78, 5) is 18.6. The predicted octanol–water partition coefficient (Wildman–Crippen LogP) is 2.43. The first-order chi connectivity index (χ1) is 9.67. The number of nitriles is 1. The summed E-state index contributed by atoms with van der Waals surface area (Å²) in [5, 5.41) is 9.41. The minimum Gasteiger partial charge on any atom is -0.462 e. The number of pyridine rings is 1. The van der Waals surface area contributed by atoms with Gasteiger partial charge in [-0.2, -0.15) is 5.26 Å². The van der Waals surface area contributed by atoms with Gasteiger partial charge < -0.3 is 9.64 Å². The van der Waals surface area contributed by atoms with Crippen LogP contribution in [0.25, 0.3) is 0 Å². The van der Waals surface area contributed by atoms with Crippen LogP contribution in [-0.2, 0) is 4.74 Å². The molecule has 2 rings (SSSR count). The Morgan fingerprint density at radius 2 is 2.15 bits per heavy atom. The summed E-state index contributed by atoms with van der Waals surface area (Å²) in [6, 6.07) is 3.75. The lowest BCUT2D eigenvalue weighted by atomic mass is 10.1. The third kappa shape index (κ3) is 2.90. The van der Waals surface area contributed by atoms with E-state index in [1.165, 1.54) is 6.42 Å². The monoisotopic (exact) mass is 273 g/mol. The van der Waals surface area contributed by atoms with Crippen LogP contribution < -0.4 is 4.90 Å². The maximum absolute atomic E-state index is 12.0. The van der Waals surface area contributed by atoms with Crippen molar-refractivity contribution in [1.82, 2.24) is 4.98 Å². The van der Waals surface area contributed by atoms with Crippen molar-refractivity contribution in [2.24, 2.45) is 0 Å². The van der Waals surface area contributed by atoms with Crippen molar-refractivity contribution in [3.05, 3.63) is 22.9 Å². The summed E-state index contributed by atoms with van der Waals surface area (Å²) in [6.07, 6.45) is 3.39. The Labute approximate surface area is 119 Å². The molecule has 1 saturated heterocycles. The van der Waals surface area contributed by atoms with Crippen LogP contribution in [0.15, 0.2) is 6.07 Å². The maximum atomic E-state index is 12.0. The van der Waals surface area contributed by atoms with Gasteiger partial charge in [-0.05, 0) is 39.2 Å². The largest absolute Gasteiger partial charge is 0.462 e. The van der Waals surface area contributed by atoms with Gasteiger partial charge in [0, 0.05) is 18.8 Å². The molecule has 0 bridgehead atoms. The molecule has 0 saturated carbocycles. The van der Waals surface area contributed by atoms with Gasteiger partial charge in [-0.15, -0.1) is 0 Å². The highest BCUT2D eigenvalue weighted by Crippen LogP contribution is 2.25. The fraction of sp³-hybridized carbons (Fsp3) is 0.533. The smallest absolute Gasteiger partial charge is 0.339 e. The molecule has 2 heterocycles. The number of ether oxygens (including phenoxy) is 1. The average Bonchev–Trinajstić information content (AvgIpc) is 2.47. The highest BCUT2D eigenvalue weighted by atomic mass is 16.5. The van der Waals surface area contributed by atoms with Crippen LogP contribution in [0.4, 0.5) is 5.82 Å². The summed E-state index contributed by atoms with van der Waals surface area (Å²) in [6.45, 7) is 5.64. The normalized spacial score (nSPS) is 14.8. The van der Waals surface area contributed by atoms with Crippen molar-refractivity contribution in [3.63, 3.8) is 0 Å². The van der Waals surface area contributed by atoms with Gasteiger partial charge in [0.2, 0.25) is 0 Å².